The van der Waals surface area contributed by atoms with E-state index in [0.717, 1.165) is 44.8 Å². The van der Waals surface area contributed by atoms with Gasteiger partial charge in [-0.05, 0) is 65.8 Å². The van der Waals surface area contributed by atoms with Gasteiger partial charge < -0.3 is 0 Å². The molecule has 0 atom stereocenters. The SMILES string of the molecule is C=C(c1ccc(N=NC)c(C)c1)c1c(/C(C=NC)=C/C(C)C)ccnc1C. The average molecular weight is 361 g/mol. The average Bonchev–Trinajstić information content (AvgIpc) is 2.62. The van der Waals surface area contributed by atoms with Gasteiger partial charge in [0.1, 0.15) is 0 Å². The molecule has 2 rings (SSSR count). The number of azo groups is 1. The molecule has 27 heavy (non-hydrogen) atoms. The van der Waals surface area contributed by atoms with Crippen LogP contribution in [0.4, 0.5) is 5.69 Å². The van der Waals surface area contributed by atoms with Crippen LogP contribution in [0.1, 0.15) is 41.8 Å². The smallest absolute Gasteiger partial charge is 0.0881 e. The van der Waals surface area contributed by atoms with Gasteiger partial charge in [0.15, 0.2) is 0 Å². The van der Waals surface area contributed by atoms with E-state index in [1.54, 1.807) is 14.1 Å². The van der Waals surface area contributed by atoms with Gasteiger partial charge in [-0.25, -0.2) is 0 Å². The molecule has 0 unspecified atom stereocenters. The molecule has 1 aromatic carbocycles. The van der Waals surface area contributed by atoms with Crippen molar-refractivity contribution in [3.63, 3.8) is 0 Å². The predicted molar refractivity (Wildman–Crippen MR) is 116 cm³/mol. The molecule has 0 saturated heterocycles. The Hall–Kier alpha value is -2.88. The van der Waals surface area contributed by atoms with E-state index in [1.807, 2.05) is 44.5 Å². The number of hydrogen-bond acceptors (Lipinski definition) is 4. The summed E-state index contributed by atoms with van der Waals surface area (Å²) in [7, 11) is 3.47. The van der Waals surface area contributed by atoms with Gasteiger partial charge in [-0.2, -0.15) is 10.2 Å². The highest BCUT2D eigenvalue weighted by Gasteiger charge is 2.15. The fourth-order valence-electron chi connectivity index (χ4n) is 3.10. The van der Waals surface area contributed by atoms with Crippen molar-refractivity contribution in [2.45, 2.75) is 27.7 Å². The van der Waals surface area contributed by atoms with Crippen LogP contribution in [-0.4, -0.2) is 25.3 Å². The van der Waals surface area contributed by atoms with Crippen LogP contribution >= 0.6 is 0 Å². The maximum Gasteiger partial charge on any atom is 0.0881 e. The van der Waals surface area contributed by atoms with Crippen LogP contribution in [0.3, 0.4) is 0 Å². The van der Waals surface area contributed by atoms with E-state index < -0.39 is 0 Å². The number of aryl methyl sites for hydroxylation is 2. The minimum absolute atomic E-state index is 0.411. The molecule has 140 valence electrons. The van der Waals surface area contributed by atoms with E-state index >= 15 is 0 Å². The lowest BCUT2D eigenvalue weighted by Gasteiger charge is -2.16. The summed E-state index contributed by atoms with van der Waals surface area (Å²) >= 11 is 0. The highest BCUT2D eigenvalue weighted by Crippen LogP contribution is 2.33. The van der Waals surface area contributed by atoms with Crippen molar-refractivity contribution in [2.75, 3.05) is 14.1 Å². The first kappa shape index (κ1) is 20.4. The molecule has 0 amide bonds. The number of aliphatic imine (C=N–C) groups is 1. The normalized spacial score (nSPS) is 12.5. The summed E-state index contributed by atoms with van der Waals surface area (Å²) < 4.78 is 0. The maximum absolute atomic E-state index is 4.51. The Morgan fingerprint density at radius 1 is 1.15 bits per heavy atom. The first-order chi connectivity index (χ1) is 12.9. The van der Waals surface area contributed by atoms with Crippen LogP contribution in [-0.2, 0) is 0 Å². The lowest BCUT2D eigenvalue weighted by molar-refractivity contribution is 0.835. The molecular formula is C23H28N4. The van der Waals surface area contributed by atoms with Crippen LogP contribution in [0.25, 0.3) is 11.1 Å². The minimum Gasteiger partial charge on any atom is -0.296 e. The van der Waals surface area contributed by atoms with Crippen LogP contribution in [0, 0.1) is 19.8 Å². The Labute approximate surface area is 162 Å². The predicted octanol–water partition coefficient (Wildman–Crippen LogP) is 6.21. The summed E-state index contributed by atoms with van der Waals surface area (Å²) in [5.41, 5.74) is 8.12. The Kier molecular flexibility index (Phi) is 6.94. The molecule has 0 N–H and O–H groups in total. The van der Waals surface area contributed by atoms with E-state index in [4.69, 9.17) is 0 Å². The van der Waals surface area contributed by atoms with Gasteiger partial charge >= 0.3 is 0 Å². The van der Waals surface area contributed by atoms with E-state index in [2.05, 4.69) is 52.8 Å². The molecule has 2 aromatic rings. The molecular weight excluding hydrogens is 332 g/mol. The Bertz CT molecular complexity index is 918. The van der Waals surface area contributed by atoms with Crippen molar-refractivity contribution in [1.82, 2.24) is 4.98 Å². The monoisotopic (exact) mass is 360 g/mol. The summed E-state index contributed by atoms with van der Waals surface area (Å²) in [6.07, 6.45) is 5.96. The molecule has 0 saturated carbocycles. The Morgan fingerprint density at radius 3 is 2.48 bits per heavy atom. The fourth-order valence-corrected chi connectivity index (χ4v) is 3.10. The Balaban J connectivity index is 2.62. The zero-order chi connectivity index (χ0) is 20.0. The number of benzene rings is 1. The van der Waals surface area contributed by atoms with Crippen molar-refractivity contribution >= 4 is 23.0 Å². The van der Waals surface area contributed by atoms with Crippen molar-refractivity contribution in [1.29, 1.82) is 0 Å². The van der Waals surface area contributed by atoms with Crippen LogP contribution in [0.5, 0.6) is 0 Å². The third-order valence-electron chi connectivity index (χ3n) is 4.29. The number of hydrogen-bond donors (Lipinski definition) is 0. The molecule has 0 spiro atoms. The second-order valence-electron chi connectivity index (χ2n) is 6.85. The van der Waals surface area contributed by atoms with Crippen LogP contribution in [0.15, 0.2) is 58.3 Å². The largest absolute Gasteiger partial charge is 0.296 e. The third-order valence-corrected chi connectivity index (χ3v) is 4.29. The molecule has 0 bridgehead atoms. The number of allylic oxidation sites excluding steroid dienone is 2. The maximum atomic E-state index is 4.51. The van der Waals surface area contributed by atoms with Crippen LogP contribution in [0.2, 0.25) is 0 Å². The van der Waals surface area contributed by atoms with Crippen molar-refractivity contribution in [2.24, 2.45) is 21.1 Å². The summed E-state index contributed by atoms with van der Waals surface area (Å²) in [4.78, 5) is 8.76. The van der Waals surface area contributed by atoms with Crippen LogP contribution < -0.4 is 0 Å². The fraction of sp³-hybridized carbons (Fsp3) is 0.304. The first-order valence-corrected chi connectivity index (χ1v) is 9.09. The van der Waals surface area contributed by atoms with E-state index in [9.17, 15) is 0 Å². The minimum atomic E-state index is 0.411. The van der Waals surface area contributed by atoms with Gasteiger partial charge in [-0.15, -0.1) is 0 Å². The standard InChI is InChI=1S/C23H28N4/c1-15(2)12-20(14-24-6)21-10-11-26-18(5)23(21)17(4)19-8-9-22(27-25-7)16(3)13-19/h8-15H,4H2,1-3,5-7H3/b20-12+,24-14?,27-25?. The highest BCUT2D eigenvalue weighted by atomic mass is 15.1. The van der Waals surface area contributed by atoms with Gasteiger partial charge in [0.25, 0.3) is 0 Å². The van der Waals surface area contributed by atoms with Gasteiger partial charge in [-0.3, -0.25) is 9.98 Å². The van der Waals surface area contributed by atoms with Gasteiger partial charge in [0.05, 0.1) is 5.69 Å². The molecule has 1 heterocycles. The zero-order valence-electron chi connectivity index (χ0n) is 17.1. The molecule has 4 heteroatoms. The summed E-state index contributed by atoms with van der Waals surface area (Å²) in [5, 5.41) is 8.03. The van der Waals surface area contributed by atoms with E-state index in [0.29, 0.717) is 5.92 Å². The summed E-state index contributed by atoms with van der Waals surface area (Å²) in [5.74, 6) is 0.411. The van der Waals surface area contributed by atoms with Gasteiger partial charge in [-0.1, -0.05) is 32.6 Å². The number of nitrogens with zero attached hydrogens (tertiary/aromatic N) is 4. The Morgan fingerprint density at radius 2 is 1.89 bits per heavy atom. The number of pyridine rings is 1. The molecule has 0 fully saturated rings. The molecule has 0 aliphatic heterocycles. The van der Waals surface area contributed by atoms with E-state index in [1.165, 1.54) is 0 Å². The topological polar surface area (TPSA) is 50.0 Å². The van der Waals surface area contributed by atoms with E-state index in [-0.39, 0.29) is 0 Å². The third kappa shape index (κ3) is 4.85. The zero-order valence-corrected chi connectivity index (χ0v) is 17.1. The van der Waals surface area contributed by atoms with Crippen molar-refractivity contribution < 1.29 is 0 Å². The highest BCUT2D eigenvalue weighted by molar-refractivity contribution is 6.12. The molecule has 0 aliphatic rings. The van der Waals surface area contributed by atoms with Gasteiger partial charge in [0, 0.05) is 37.8 Å². The summed E-state index contributed by atoms with van der Waals surface area (Å²) in [6.45, 7) is 12.8. The summed E-state index contributed by atoms with van der Waals surface area (Å²) in [6, 6.07) is 8.15. The molecule has 0 aliphatic carbocycles. The van der Waals surface area contributed by atoms with Crippen molar-refractivity contribution in [3.8, 4) is 0 Å². The molecule has 1 aromatic heterocycles. The lowest BCUT2D eigenvalue weighted by Crippen LogP contribution is -2.02. The number of rotatable bonds is 6. The number of aromatic nitrogens is 1. The second kappa shape index (κ2) is 9.17. The molecule has 0 radical (unpaired) electrons. The second-order valence-corrected chi connectivity index (χ2v) is 6.85. The quantitative estimate of drug-likeness (QED) is 0.446. The molecule has 4 nitrogen and oxygen atoms in total. The lowest BCUT2D eigenvalue weighted by atomic mass is 9.89. The van der Waals surface area contributed by atoms with Gasteiger partial charge in [0.2, 0.25) is 0 Å². The van der Waals surface area contributed by atoms with Crippen molar-refractivity contribution in [3.05, 3.63) is 71.1 Å². The first-order valence-electron chi connectivity index (χ1n) is 9.09.